The fourth-order valence-corrected chi connectivity index (χ4v) is 5.28. The Balaban J connectivity index is 2.07. The number of benzene rings is 1. The molecule has 1 aromatic carbocycles. The van der Waals surface area contributed by atoms with Crippen LogP contribution in [0.3, 0.4) is 0 Å². The molecule has 1 saturated heterocycles. The Labute approximate surface area is 268 Å². The molecule has 4 N–H and O–H groups in total. The van der Waals surface area contributed by atoms with Crippen LogP contribution in [0.4, 0.5) is 0 Å². The number of ketones is 1. The number of rotatable bonds is 17. The predicted octanol–water partition coefficient (Wildman–Crippen LogP) is -1.39. The molecule has 3 unspecified atom stereocenters. The summed E-state index contributed by atoms with van der Waals surface area (Å²) in [5, 5.41) is 9.57. The van der Waals surface area contributed by atoms with Crippen molar-refractivity contribution in [1.82, 2.24) is 31.1 Å². The normalized spacial score (nSPS) is 15.5. The molecule has 1 heterocycles. The van der Waals surface area contributed by atoms with E-state index in [0.29, 0.717) is 18.4 Å². The van der Waals surface area contributed by atoms with Crippen LogP contribution in [-0.2, 0) is 43.4 Å². The third kappa shape index (κ3) is 12.1. The zero-order chi connectivity index (χ0) is 34.4. The van der Waals surface area contributed by atoms with E-state index in [9.17, 15) is 42.0 Å². The average Bonchev–Trinajstić information content (AvgIpc) is 3.52. The molecule has 6 amide bonds. The number of Topliss-reactive ketones (excluding diaryl/α,β-unsaturated/α-hetero) is 1. The molecular formula is C30H42N6O9S. The number of nitrogens with zero attached hydrogens (tertiary/aromatic N) is 2. The van der Waals surface area contributed by atoms with Crippen LogP contribution in [0.2, 0.25) is 0 Å². The molecule has 3 atom stereocenters. The molecule has 15 nitrogen and oxygen atoms in total. The highest BCUT2D eigenvalue weighted by Crippen LogP contribution is 2.18. The SMILES string of the molecule is C=CCCC(=O)NCC(=O)N1CCCC1C(=O)NC(CCS(C)(=O)=O)C(=O)C(=O)NCC(=O)NC(C(=O)N(C)C)c1ccccc1. The van der Waals surface area contributed by atoms with Gasteiger partial charge in [-0.15, -0.1) is 6.58 Å². The Bertz CT molecular complexity index is 1410. The van der Waals surface area contributed by atoms with Crippen LogP contribution >= 0.6 is 0 Å². The Hall–Kier alpha value is -4.60. The van der Waals surface area contributed by atoms with Crippen LogP contribution in [0.1, 0.15) is 43.7 Å². The zero-order valence-electron chi connectivity index (χ0n) is 26.2. The summed E-state index contributed by atoms with van der Waals surface area (Å²) in [6, 6.07) is 4.75. The lowest BCUT2D eigenvalue weighted by Crippen LogP contribution is -2.55. The van der Waals surface area contributed by atoms with Gasteiger partial charge in [-0.05, 0) is 31.2 Å². The minimum Gasteiger partial charge on any atom is -0.347 e. The molecule has 2 rings (SSSR count). The van der Waals surface area contributed by atoms with Crippen LogP contribution in [0.5, 0.6) is 0 Å². The lowest BCUT2D eigenvalue weighted by molar-refractivity contribution is -0.142. The van der Waals surface area contributed by atoms with E-state index in [1.54, 1.807) is 36.4 Å². The minimum absolute atomic E-state index is 0.149. The molecule has 16 heteroatoms. The van der Waals surface area contributed by atoms with Gasteiger partial charge in [0.25, 0.3) is 5.91 Å². The van der Waals surface area contributed by atoms with Gasteiger partial charge in [0, 0.05) is 33.3 Å². The summed E-state index contributed by atoms with van der Waals surface area (Å²) >= 11 is 0. The molecule has 0 radical (unpaired) electrons. The fraction of sp³-hybridized carbons (Fsp3) is 0.500. The van der Waals surface area contributed by atoms with E-state index in [1.807, 2.05) is 0 Å². The number of amides is 6. The summed E-state index contributed by atoms with van der Waals surface area (Å²) in [5.41, 5.74) is 0.495. The highest BCUT2D eigenvalue weighted by Gasteiger charge is 2.37. The first-order valence-electron chi connectivity index (χ1n) is 14.7. The van der Waals surface area contributed by atoms with E-state index in [-0.39, 0.29) is 31.8 Å². The van der Waals surface area contributed by atoms with Gasteiger partial charge in [-0.2, -0.15) is 0 Å². The van der Waals surface area contributed by atoms with E-state index >= 15 is 0 Å². The number of nitrogens with one attached hydrogen (secondary N) is 4. The molecule has 0 bridgehead atoms. The maximum absolute atomic E-state index is 13.2. The largest absolute Gasteiger partial charge is 0.347 e. The van der Waals surface area contributed by atoms with Crippen molar-refractivity contribution < 1.29 is 42.0 Å². The van der Waals surface area contributed by atoms with E-state index in [4.69, 9.17) is 0 Å². The van der Waals surface area contributed by atoms with Gasteiger partial charge < -0.3 is 31.1 Å². The summed E-state index contributed by atoms with van der Waals surface area (Å²) < 4.78 is 23.7. The molecule has 46 heavy (non-hydrogen) atoms. The standard InChI is InChI=1S/C30H42N6O9S/c1-5-6-14-23(37)31-19-25(39)36-16-10-13-22(36)28(41)33-21(15-17-46(4,44)45)27(40)29(42)32-18-24(38)34-26(30(43)35(2)3)20-11-8-7-9-12-20/h5,7-9,11-12,21-22,26H,1,6,10,13-19H2,2-4H3,(H,31,37)(H,32,42)(H,33,41)(H,34,38). The molecular weight excluding hydrogens is 620 g/mol. The third-order valence-electron chi connectivity index (χ3n) is 7.06. The summed E-state index contributed by atoms with van der Waals surface area (Å²) in [6.45, 7) is 2.72. The van der Waals surface area contributed by atoms with E-state index in [2.05, 4.69) is 27.8 Å². The van der Waals surface area contributed by atoms with Crippen molar-refractivity contribution in [1.29, 1.82) is 0 Å². The number of likely N-dealkylation sites (N-methyl/N-ethyl adjacent to an activating group) is 1. The summed E-state index contributed by atoms with van der Waals surface area (Å²) in [6.07, 6.45) is 3.35. The number of hydrogen-bond donors (Lipinski definition) is 4. The Morgan fingerprint density at radius 3 is 2.28 bits per heavy atom. The number of carbonyl (C=O) groups excluding carboxylic acids is 7. The van der Waals surface area contributed by atoms with Gasteiger partial charge in [0.2, 0.25) is 35.3 Å². The molecule has 252 valence electrons. The number of sulfone groups is 1. The van der Waals surface area contributed by atoms with E-state index in [1.165, 1.54) is 23.9 Å². The monoisotopic (exact) mass is 662 g/mol. The van der Waals surface area contributed by atoms with Crippen molar-refractivity contribution in [2.75, 3.05) is 45.7 Å². The topological polar surface area (TPSA) is 208 Å². The lowest BCUT2D eigenvalue weighted by Gasteiger charge is -2.26. The highest BCUT2D eigenvalue weighted by atomic mass is 32.2. The number of allylic oxidation sites excluding steroid dienone is 1. The van der Waals surface area contributed by atoms with E-state index in [0.717, 1.165) is 6.26 Å². The Kier molecular flexibility index (Phi) is 14.5. The van der Waals surface area contributed by atoms with Crippen LogP contribution in [0, 0.1) is 0 Å². The van der Waals surface area contributed by atoms with Crippen LogP contribution in [0.15, 0.2) is 43.0 Å². The number of likely N-dealkylation sites (tertiary alicyclic amines) is 1. The second kappa shape index (κ2) is 17.8. The predicted molar refractivity (Wildman–Crippen MR) is 167 cm³/mol. The van der Waals surface area contributed by atoms with Gasteiger partial charge in [-0.3, -0.25) is 33.6 Å². The quantitative estimate of drug-likeness (QED) is 0.114. The van der Waals surface area contributed by atoms with Gasteiger partial charge in [0.1, 0.15) is 21.9 Å². The second-order valence-electron chi connectivity index (χ2n) is 11.0. The summed E-state index contributed by atoms with van der Waals surface area (Å²) in [5.74, 6) is -5.85. The highest BCUT2D eigenvalue weighted by molar-refractivity contribution is 7.90. The molecule has 0 spiro atoms. The molecule has 1 aromatic rings. The Morgan fingerprint density at radius 2 is 1.67 bits per heavy atom. The van der Waals surface area contributed by atoms with E-state index < -0.39 is 82.0 Å². The minimum atomic E-state index is -3.61. The second-order valence-corrected chi connectivity index (χ2v) is 13.3. The number of carbonyl (C=O) groups is 7. The smallest absolute Gasteiger partial charge is 0.290 e. The van der Waals surface area contributed by atoms with Crippen molar-refractivity contribution in [3.63, 3.8) is 0 Å². The summed E-state index contributed by atoms with van der Waals surface area (Å²) in [7, 11) is -0.579. The van der Waals surface area contributed by atoms with Crippen molar-refractivity contribution in [3.8, 4) is 0 Å². The molecule has 1 aliphatic heterocycles. The third-order valence-corrected chi connectivity index (χ3v) is 8.03. The van der Waals surface area contributed by atoms with Gasteiger partial charge in [0.05, 0.1) is 24.9 Å². The molecule has 0 aliphatic carbocycles. The first kappa shape index (κ1) is 37.6. The molecule has 0 aromatic heterocycles. The first-order valence-corrected chi connectivity index (χ1v) is 16.7. The molecule has 1 aliphatic rings. The van der Waals surface area contributed by atoms with Crippen LogP contribution in [-0.4, -0.2) is 117 Å². The van der Waals surface area contributed by atoms with Gasteiger partial charge in [0.15, 0.2) is 0 Å². The maximum Gasteiger partial charge on any atom is 0.290 e. The Morgan fingerprint density at radius 1 is 1.00 bits per heavy atom. The molecule has 0 saturated carbocycles. The fourth-order valence-electron chi connectivity index (χ4n) is 4.61. The number of hydrogen-bond acceptors (Lipinski definition) is 9. The van der Waals surface area contributed by atoms with Crippen molar-refractivity contribution >= 4 is 51.1 Å². The van der Waals surface area contributed by atoms with Crippen LogP contribution < -0.4 is 21.3 Å². The van der Waals surface area contributed by atoms with Gasteiger partial charge >= 0.3 is 0 Å². The van der Waals surface area contributed by atoms with Crippen molar-refractivity contribution in [3.05, 3.63) is 48.6 Å². The first-order chi connectivity index (χ1) is 21.6. The van der Waals surface area contributed by atoms with Crippen molar-refractivity contribution in [2.45, 2.75) is 50.2 Å². The van der Waals surface area contributed by atoms with Gasteiger partial charge in [-0.1, -0.05) is 36.4 Å². The average molecular weight is 663 g/mol. The lowest BCUT2D eigenvalue weighted by atomic mass is 10.1. The van der Waals surface area contributed by atoms with Crippen molar-refractivity contribution in [2.24, 2.45) is 0 Å². The molecule has 1 fully saturated rings. The summed E-state index contributed by atoms with van der Waals surface area (Å²) in [4.78, 5) is 91.6. The van der Waals surface area contributed by atoms with Crippen LogP contribution in [0.25, 0.3) is 0 Å². The van der Waals surface area contributed by atoms with Gasteiger partial charge in [-0.25, -0.2) is 8.42 Å². The maximum atomic E-state index is 13.2. The zero-order valence-corrected chi connectivity index (χ0v) is 27.1.